The van der Waals surface area contributed by atoms with E-state index in [1.807, 2.05) is 62.4 Å². The molecule has 36 heavy (non-hydrogen) atoms. The van der Waals surface area contributed by atoms with Crippen molar-refractivity contribution < 1.29 is 29.9 Å². The molecule has 5 atom stereocenters. The summed E-state index contributed by atoms with van der Waals surface area (Å²) < 4.78 is 11.4. The van der Waals surface area contributed by atoms with Crippen molar-refractivity contribution in [2.45, 2.75) is 50.8 Å². The van der Waals surface area contributed by atoms with Gasteiger partial charge in [0, 0.05) is 0 Å². The molecule has 3 aromatic carbocycles. The second-order valence-corrected chi connectivity index (χ2v) is 9.05. The predicted octanol–water partition coefficient (Wildman–Crippen LogP) is 3.04. The van der Waals surface area contributed by atoms with Gasteiger partial charge in [-0.3, -0.25) is 0 Å². The van der Waals surface area contributed by atoms with Crippen LogP contribution in [0.5, 0.6) is 5.75 Å². The third-order valence-electron chi connectivity index (χ3n) is 6.69. The van der Waals surface area contributed by atoms with Gasteiger partial charge in [-0.15, -0.1) is 0 Å². The summed E-state index contributed by atoms with van der Waals surface area (Å²) in [6, 6.07) is 21.1. The Labute approximate surface area is 210 Å². The van der Waals surface area contributed by atoms with Gasteiger partial charge in [-0.05, 0) is 84.0 Å². The van der Waals surface area contributed by atoms with E-state index in [1.54, 1.807) is 12.1 Å². The Bertz CT molecular complexity index is 1230. The van der Waals surface area contributed by atoms with Gasteiger partial charge < -0.3 is 29.9 Å². The first-order valence-electron chi connectivity index (χ1n) is 12.0. The summed E-state index contributed by atoms with van der Waals surface area (Å²) in [7, 11) is 0. The molecule has 0 bridgehead atoms. The summed E-state index contributed by atoms with van der Waals surface area (Å²) in [4.78, 5) is 0. The first-order chi connectivity index (χ1) is 17.4. The summed E-state index contributed by atoms with van der Waals surface area (Å²) in [5.41, 5.74) is 5.88. The highest BCUT2D eigenvalue weighted by atomic mass is 16.5. The fourth-order valence-electron chi connectivity index (χ4n) is 4.67. The number of rotatable bonds is 7. The van der Waals surface area contributed by atoms with E-state index in [0.29, 0.717) is 24.2 Å². The molecule has 0 radical (unpaired) electrons. The Morgan fingerprint density at radius 2 is 1.72 bits per heavy atom. The zero-order chi connectivity index (χ0) is 25.8. The smallest absolute Gasteiger partial charge is 0.119 e. The molecule has 0 spiro atoms. The lowest BCUT2D eigenvalue weighted by molar-refractivity contribution is -0.231. The molecule has 1 fully saturated rings. The van der Waals surface area contributed by atoms with Gasteiger partial charge in [0.25, 0.3) is 0 Å². The van der Waals surface area contributed by atoms with Crippen molar-refractivity contribution >= 4 is 0 Å². The van der Waals surface area contributed by atoms with Crippen molar-refractivity contribution in [3.05, 3.63) is 88.5 Å². The molecule has 7 nitrogen and oxygen atoms in total. The Hall–Kier alpha value is -3.25. The average molecular weight is 490 g/mol. The quantitative estimate of drug-likeness (QED) is 0.402. The number of aliphatic hydroxyl groups is 4. The van der Waals surface area contributed by atoms with E-state index in [0.717, 1.165) is 33.6 Å². The SMILES string of the molecule is CCOc1ccc(Cc2cc(C3OC(CO)C(O)C(O)C3O)cc(-c3cccc(C#N)c3)c2C)cc1. The van der Waals surface area contributed by atoms with Gasteiger partial charge in [0.1, 0.15) is 36.3 Å². The lowest BCUT2D eigenvalue weighted by atomic mass is 9.85. The standard InChI is InChI=1S/C29H31NO6/c1-3-35-23-9-7-18(8-10-23)11-21-13-22(29-28(34)27(33)26(32)25(16-31)36-29)14-24(17(21)2)20-6-4-5-19(12-20)15-30/h4-10,12-14,25-29,31-34H,3,11,16H2,1-2H3. The zero-order valence-corrected chi connectivity index (χ0v) is 20.3. The van der Waals surface area contributed by atoms with E-state index in [9.17, 15) is 25.7 Å². The predicted molar refractivity (Wildman–Crippen MR) is 134 cm³/mol. The van der Waals surface area contributed by atoms with E-state index in [4.69, 9.17) is 9.47 Å². The molecule has 5 unspecified atom stereocenters. The fourth-order valence-corrected chi connectivity index (χ4v) is 4.67. The molecule has 0 aliphatic carbocycles. The maximum Gasteiger partial charge on any atom is 0.119 e. The Kier molecular flexibility index (Phi) is 8.04. The van der Waals surface area contributed by atoms with Gasteiger partial charge in [0.15, 0.2) is 0 Å². The molecule has 4 N–H and O–H groups in total. The van der Waals surface area contributed by atoms with Crippen LogP contribution in [0.25, 0.3) is 11.1 Å². The maximum absolute atomic E-state index is 10.8. The molecule has 0 saturated carbocycles. The number of ether oxygens (including phenoxy) is 2. The lowest BCUT2D eigenvalue weighted by Crippen LogP contribution is -2.55. The van der Waals surface area contributed by atoms with Gasteiger partial charge in [0.05, 0.1) is 24.8 Å². The molecule has 188 valence electrons. The molecule has 3 aromatic rings. The molecule has 0 aromatic heterocycles. The molecule has 1 aliphatic rings. The van der Waals surface area contributed by atoms with Crippen LogP contribution in [0.3, 0.4) is 0 Å². The van der Waals surface area contributed by atoms with Crippen molar-refractivity contribution in [3.8, 4) is 22.9 Å². The Morgan fingerprint density at radius 3 is 2.39 bits per heavy atom. The molecule has 4 rings (SSSR count). The largest absolute Gasteiger partial charge is 0.494 e. The van der Waals surface area contributed by atoms with Crippen molar-refractivity contribution in [1.82, 2.24) is 0 Å². The number of nitrogens with zero attached hydrogens (tertiary/aromatic N) is 1. The average Bonchev–Trinajstić information content (AvgIpc) is 2.90. The van der Waals surface area contributed by atoms with E-state index in [2.05, 4.69) is 6.07 Å². The van der Waals surface area contributed by atoms with Crippen LogP contribution in [0, 0.1) is 18.3 Å². The third-order valence-corrected chi connectivity index (χ3v) is 6.69. The number of benzene rings is 3. The van der Waals surface area contributed by atoms with Crippen LogP contribution in [-0.4, -0.2) is 58.1 Å². The van der Waals surface area contributed by atoms with E-state index in [-0.39, 0.29) is 0 Å². The van der Waals surface area contributed by atoms with Crippen molar-refractivity contribution in [3.63, 3.8) is 0 Å². The minimum Gasteiger partial charge on any atom is -0.494 e. The maximum atomic E-state index is 10.8. The summed E-state index contributed by atoms with van der Waals surface area (Å²) in [5.74, 6) is 0.794. The normalized spacial score (nSPS) is 23.8. The molecule has 1 saturated heterocycles. The highest BCUT2D eigenvalue weighted by Gasteiger charge is 2.44. The molecular formula is C29H31NO6. The Morgan fingerprint density at radius 1 is 0.972 bits per heavy atom. The first-order valence-corrected chi connectivity index (χ1v) is 12.0. The van der Waals surface area contributed by atoms with Crippen LogP contribution >= 0.6 is 0 Å². The highest BCUT2D eigenvalue weighted by Crippen LogP contribution is 2.37. The van der Waals surface area contributed by atoms with Crippen LogP contribution < -0.4 is 4.74 Å². The number of aliphatic hydroxyl groups excluding tert-OH is 4. The fraction of sp³-hybridized carbons (Fsp3) is 0.345. The van der Waals surface area contributed by atoms with Gasteiger partial charge >= 0.3 is 0 Å². The molecule has 1 aliphatic heterocycles. The minimum absolute atomic E-state index is 0.497. The van der Waals surface area contributed by atoms with Crippen molar-refractivity contribution in [1.29, 1.82) is 5.26 Å². The van der Waals surface area contributed by atoms with Crippen LogP contribution in [0.4, 0.5) is 0 Å². The van der Waals surface area contributed by atoms with Crippen LogP contribution in [-0.2, 0) is 11.2 Å². The van der Waals surface area contributed by atoms with Gasteiger partial charge in [-0.1, -0.05) is 30.3 Å². The minimum atomic E-state index is -1.47. The van der Waals surface area contributed by atoms with Gasteiger partial charge in [-0.25, -0.2) is 0 Å². The van der Waals surface area contributed by atoms with Gasteiger partial charge in [0.2, 0.25) is 0 Å². The first kappa shape index (κ1) is 25.8. The van der Waals surface area contributed by atoms with Crippen molar-refractivity contribution in [2.75, 3.05) is 13.2 Å². The topological polar surface area (TPSA) is 123 Å². The number of hydrogen-bond acceptors (Lipinski definition) is 7. The van der Waals surface area contributed by atoms with Crippen LogP contribution in [0.2, 0.25) is 0 Å². The Balaban J connectivity index is 1.80. The monoisotopic (exact) mass is 489 g/mol. The van der Waals surface area contributed by atoms with Crippen LogP contribution in [0.1, 0.15) is 40.8 Å². The summed E-state index contributed by atoms with van der Waals surface area (Å²) in [6.07, 6.45) is -5.66. The summed E-state index contributed by atoms with van der Waals surface area (Å²) in [6.45, 7) is 4.04. The second-order valence-electron chi connectivity index (χ2n) is 9.05. The highest BCUT2D eigenvalue weighted by molar-refractivity contribution is 5.71. The summed E-state index contributed by atoms with van der Waals surface area (Å²) in [5, 5.41) is 50.4. The zero-order valence-electron chi connectivity index (χ0n) is 20.3. The molecule has 0 amide bonds. The van der Waals surface area contributed by atoms with Crippen LogP contribution in [0.15, 0.2) is 60.7 Å². The molecule has 7 heteroatoms. The molecular weight excluding hydrogens is 458 g/mol. The molecule has 1 heterocycles. The lowest BCUT2D eigenvalue weighted by Gasteiger charge is -2.40. The van der Waals surface area contributed by atoms with Gasteiger partial charge in [-0.2, -0.15) is 5.26 Å². The van der Waals surface area contributed by atoms with Crippen molar-refractivity contribution in [2.24, 2.45) is 0 Å². The summed E-state index contributed by atoms with van der Waals surface area (Å²) >= 11 is 0. The second kappa shape index (κ2) is 11.2. The van der Waals surface area contributed by atoms with E-state index < -0.39 is 37.1 Å². The van der Waals surface area contributed by atoms with E-state index in [1.165, 1.54) is 0 Å². The third kappa shape index (κ3) is 5.29. The number of nitriles is 1. The van der Waals surface area contributed by atoms with E-state index >= 15 is 0 Å². The number of hydrogen-bond donors (Lipinski definition) is 4.